The number of hydrogen-bond acceptors (Lipinski definition) is 3. The molecule has 2 rings (SSSR count). The summed E-state index contributed by atoms with van der Waals surface area (Å²) in [6.07, 6.45) is 1.91. The predicted molar refractivity (Wildman–Crippen MR) is 70.9 cm³/mol. The molecule has 80 valence electrons. The largest absolute Gasteiger partial charge is 0.249 e. The van der Waals surface area contributed by atoms with Gasteiger partial charge in [0.1, 0.15) is 0 Å². The molecular weight excluding hydrogens is 222 g/mol. The molecule has 1 heterocycles. The van der Waals surface area contributed by atoms with Crippen molar-refractivity contribution < 1.29 is 0 Å². The Morgan fingerprint density at radius 2 is 1.73 bits per heavy atom. The Hall–Kier alpha value is -0.800. The molecule has 15 heavy (non-hydrogen) atoms. The van der Waals surface area contributed by atoms with Crippen LogP contribution in [0.4, 0.5) is 0 Å². The lowest BCUT2D eigenvalue weighted by Gasteiger charge is -1.95. The van der Waals surface area contributed by atoms with Gasteiger partial charge < -0.3 is 0 Å². The van der Waals surface area contributed by atoms with Crippen molar-refractivity contribution in [2.24, 2.45) is 0 Å². The SMILES string of the molecule is CC.Cc1ncc(-c2ccc(S)cc2)s1. The normalized spacial score (nSPS) is 9.33. The minimum absolute atomic E-state index is 0.991. The van der Waals surface area contributed by atoms with Crippen molar-refractivity contribution in [1.82, 2.24) is 4.98 Å². The molecule has 3 heteroatoms. The monoisotopic (exact) mass is 237 g/mol. The van der Waals surface area contributed by atoms with Gasteiger partial charge in [-0.05, 0) is 24.6 Å². The van der Waals surface area contributed by atoms with Crippen molar-refractivity contribution in [1.29, 1.82) is 0 Å². The molecule has 0 fully saturated rings. The van der Waals surface area contributed by atoms with E-state index in [9.17, 15) is 0 Å². The van der Waals surface area contributed by atoms with Crippen LogP contribution in [-0.2, 0) is 0 Å². The zero-order chi connectivity index (χ0) is 11.3. The van der Waals surface area contributed by atoms with Gasteiger partial charge in [-0.1, -0.05) is 26.0 Å². The summed E-state index contributed by atoms with van der Waals surface area (Å²) in [6, 6.07) is 8.12. The molecule has 0 aliphatic heterocycles. The number of rotatable bonds is 1. The fraction of sp³-hybridized carbons (Fsp3) is 0.250. The van der Waals surface area contributed by atoms with E-state index in [0.717, 1.165) is 9.90 Å². The maximum atomic E-state index is 4.24. The van der Waals surface area contributed by atoms with E-state index in [1.807, 2.05) is 39.1 Å². The number of hydrogen-bond donors (Lipinski definition) is 1. The van der Waals surface area contributed by atoms with E-state index in [0.29, 0.717) is 0 Å². The van der Waals surface area contributed by atoms with Crippen LogP contribution in [0.5, 0.6) is 0 Å². The van der Waals surface area contributed by atoms with Gasteiger partial charge in [0.15, 0.2) is 0 Å². The Bertz CT molecular complexity index is 404. The zero-order valence-corrected chi connectivity index (χ0v) is 10.9. The lowest BCUT2D eigenvalue weighted by molar-refractivity contribution is 1.30. The van der Waals surface area contributed by atoms with Gasteiger partial charge in [-0.25, -0.2) is 4.98 Å². The molecular formula is C12H15NS2. The van der Waals surface area contributed by atoms with Crippen LogP contribution in [0.25, 0.3) is 10.4 Å². The summed E-state index contributed by atoms with van der Waals surface area (Å²) in [5, 5.41) is 1.10. The summed E-state index contributed by atoms with van der Waals surface area (Å²) in [7, 11) is 0. The van der Waals surface area contributed by atoms with E-state index < -0.39 is 0 Å². The lowest BCUT2D eigenvalue weighted by Crippen LogP contribution is -1.70. The first-order chi connectivity index (χ1) is 7.25. The van der Waals surface area contributed by atoms with Crippen LogP contribution in [0, 0.1) is 6.92 Å². The smallest absolute Gasteiger partial charge is 0.0900 e. The highest BCUT2D eigenvalue weighted by Gasteiger charge is 2.00. The van der Waals surface area contributed by atoms with Crippen LogP contribution >= 0.6 is 24.0 Å². The molecule has 0 unspecified atom stereocenters. The summed E-state index contributed by atoms with van der Waals surface area (Å²) in [5.74, 6) is 0. The van der Waals surface area contributed by atoms with Crippen molar-refractivity contribution in [2.45, 2.75) is 25.7 Å². The van der Waals surface area contributed by atoms with E-state index in [2.05, 4.69) is 29.7 Å². The number of aryl methyl sites for hydroxylation is 1. The fourth-order valence-corrected chi connectivity index (χ4v) is 2.05. The highest BCUT2D eigenvalue weighted by atomic mass is 32.1. The Labute approximate surface area is 101 Å². The van der Waals surface area contributed by atoms with E-state index in [-0.39, 0.29) is 0 Å². The molecule has 0 radical (unpaired) electrons. The van der Waals surface area contributed by atoms with E-state index in [1.165, 1.54) is 10.4 Å². The molecule has 0 saturated heterocycles. The second-order valence-electron chi connectivity index (χ2n) is 2.79. The molecule has 1 aromatic heterocycles. The molecule has 0 spiro atoms. The van der Waals surface area contributed by atoms with Gasteiger partial charge in [-0.2, -0.15) is 0 Å². The third-order valence-corrected chi connectivity index (χ3v) is 3.03. The molecule has 0 saturated carbocycles. The topological polar surface area (TPSA) is 12.9 Å². The molecule has 0 bridgehead atoms. The first-order valence-corrected chi connectivity index (χ1v) is 6.24. The van der Waals surface area contributed by atoms with Crippen LogP contribution in [-0.4, -0.2) is 4.98 Å². The van der Waals surface area contributed by atoms with Crippen LogP contribution in [0.1, 0.15) is 18.9 Å². The van der Waals surface area contributed by atoms with Crippen LogP contribution in [0.15, 0.2) is 35.4 Å². The highest BCUT2D eigenvalue weighted by molar-refractivity contribution is 7.80. The molecule has 1 nitrogen and oxygen atoms in total. The third-order valence-electron chi connectivity index (χ3n) is 1.77. The second-order valence-corrected chi connectivity index (χ2v) is 4.54. The number of thiol groups is 1. The maximum Gasteiger partial charge on any atom is 0.0900 e. The highest BCUT2D eigenvalue weighted by Crippen LogP contribution is 2.26. The Kier molecular flexibility index (Phi) is 4.85. The van der Waals surface area contributed by atoms with Gasteiger partial charge in [0.05, 0.1) is 9.88 Å². The minimum atomic E-state index is 0.991. The molecule has 0 atom stereocenters. The average molecular weight is 237 g/mol. The first-order valence-electron chi connectivity index (χ1n) is 4.97. The third kappa shape index (κ3) is 3.36. The molecule has 2 aromatic rings. The van der Waals surface area contributed by atoms with Crippen LogP contribution in [0.2, 0.25) is 0 Å². The predicted octanol–water partition coefficient (Wildman–Crippen LogP) is 4.43. The van der Waals surface area contributed by atoms with E-state index in [4.69, 9.17) is 0 Å². The Morgan fingerprint density at radius 1 is 1.13 bits per heavy atom. The second kappa shape index (κ2) is 5.93. The minimum Gasteiger partial charge on any atom is -0.249 e. The fourth-order valence-electron chi connectivity index (χ4n) is 1.12. The summed E-state index contributed by atoms with van der Waals surface area (Å²) < 4.78 is 0. The number of nitrogens with zero attached hydrogens (tertiary/aromatic N) is 1. The number of benzene rings is 1. The van der Waals surface area contributed by atoms with Crippen molar-refractivity contribution in [2.75, 3.05) is 0 Å². The van der Waals surface area contributed by atoms with Gasteiger partial charge in [0.2, 0.25) is 0 Å². The molecule has 0 aliphatic rings. The molecule has 1 aromatic carbocycles. The number of thiazole rings is 1. The van der Waals surface area contributed by atoms with Gasteiger partial charge in [-0.3, -0.25) is 0 Å². The molecule has 0 aliphatic carbocycles. The van der Waals surface area contributed by atoms with Crippen molar-refractivity contribution in [3.63, 3.8) is 0 Å². The first kappa shape index (κ1) is 12.3. The lowest BCUT2D eigenvalue weighted by atomic mass is 10.2. The Balaban J connectivity index is 0.000000531. The average Bonchev–Trinajstić information content (AvgIpc) is 2.69. The quantitative estimate of drug-likeness (QED) is 0.724. The van der Waals surface area contributed by atoms with Crippen molar-refractivity contribution in [3.05, 3.63) is 35.5 Å². The molecule has 0 N–H and O–H groups in total. The van der Waals surface area contributed by atoms with Gasteiger partial charge >= 0.3 is 0 Å². The summed E-state index contributed by atoms with van der Waals surface area (Å²) in [6.45, 7) is 6.02. The van der Waals surface area contributed by atoms with E-state index in [1.54, 1.807) is 11.3 Å². The molecule has 0 amide bonds. The van der Waals surface area contributed by atoms with Gasteiger partial charge in [-0.15, -0.1) is 24.0 Å². The number of aromatic nitrogens is 1. The zero-order valence-electron chi connectivity index (χ0n) is 9.19. The van der Waals surface area contributed by atoms with Gasteiger partial charge in [0.25, 0.3) is 0 Å². The maximum absolute atomic E-state index is 4.24. The summed E-state index contributed by atoms with van der Waals surface area (Å²) in [4.78, 5) is 6.42. The van der Waals surface area contributed by atoms with Crippen molar-refractivity contribution >= 4 is 24.0 Å². The summed E-state index contributed by atoms with van der Waals surface area (Å²) in [5.41, 5.74) is 1.21. The van der Waals surface area contributed by atoms with Crippen LogP contribution < -0.4 is 0 Å². The van der Waals surface area contributed by atoms with E-state index >= 15 is 0 Å². The van der Waals surface area contributed by atoms with Crippen LogP contribution in [0.3, 0.4) is 0 Å². The summed E-state index contributed by atoms with van der Waals surface area (Å²) >= 11 is 5.95. The van der Waals surface area contributed by atoms with Gasteiger partial charge in [0, 0.05) is 11.1 Å². The Morgan fingerprint density at radius 3 is 2.20 bits per heavy atom. The van der Waals surface area contributed by atoms with Crippen molar-refractivity contribution in [3.8, 4) is 10.4 Å². The standard InChI is InChI=1S/C10H9NS2.C2H6/c1-7-11-6-10(13-7)8-2-4-9(12)5-3-8;1-2/h2-6,12H,1H3;1-2H3.